The van der Waals surface area contributed by atoms with E-state index >= 15 is 0 Å². The van der Waals surface area contributed by atoms with Gasteiger partial charge >= 0.3 is 0 Å². The average Bonchev–Trinajstić information content (AvgIpc) is 3.09. The molecule has 3 aromatic rings. The van der Waals surface area contributed by atoms with Gasteiger partial charge in [0.15, 0.2) is 0 Å². The SMILES string of the molecule is CC(=O)N1/C(=C\c2ccc3cc(CNC4C[C@H](C)O[C@@H](C)C4)ccc3n2)C(=O)c2ccccc21. The summed E-state index contributed by atoms with van der Waals surface area (Å²) in [6.07, 6.45) is 4.32. The molecule has 1 aromatic heterocycles. The van der Waals surface area contributed by atoms with Crippen molar-refractivity contribution in [3.05, 3.63) is 77.1 Å². The number of amides is 1. The number of carbonyl (C=O) groups excluding carboxylic acids is 2. The van der Waals surface area contributed by atoms with E-state index in [2.05, 4.69) is 31.3 Å². The quantitative estimate of drug-likeness (QED) is 0.568. The van der Waals surface area contributed by atoms with Gasteiger partial charge in [-0.05, 0) is 68.7 Å². The van der Waals surface area contributed by atoms with Crippen molar-refractivity contribution in [3.8, 4) is 0 Å². The molecular formula is C28H29N3O3. The highest BCUT2D eigenvalue weighted by Crippen LogP contribution is 2.35. The van der Waals surface area contributed by atoms with Gasteiger partial charge in [0.2, 0.25) is 11.7 Å². The second-order valence-electron chi connectivity index (χ2n) is 9.30. The molecule has 3 heterocycles. The lowest BCUT2D eigenvalue weighted by Gasteiger charge is -2.32. The number of hydrogen-bond acceptors (Lipinski definition) is 5. The van der Waals surface area contributed by atoms with Gasteiger partial charge in [-0.25, -0.2) is 4.98 Å². The molecule has 174 valence electrons. The Balaban J connectivity index is 1.36. The van der Waals surface area contributed by atoms with Crippen LogP contribution in [0.3, 0.4) is 0 Å². The van der Waals surface area contributed by atoms with Crippen LogP contribution in [0.25, 0.3) is 17.0 Å². The van der Waals surface area contributed by atoms with Gasteiger partial charge in [-0.15, -0.1) is 0 Å². The molecule has 34 heavy (non-hydrogen) atoms. The Labute approximate surface area is 199 Å². The lowest BCUT2D eigenvalue weighted by Crippen LogP contribution is -2.40. The first-order chi connectivity index (χ1) is 16.4. The number of allylic oxidation sites excluding steroid dienone is 1. The lowest BCUT2D eigenvalue weighted by molar-refractivity contribution is -0.116. The largest absolute Gasteiger partial charge is 0.375 e. The Bertz CT molecular complexity index is 1290. The number of anilines is 1. The third kappa shape index (κ3) is 4.39. The predicted molar refractivity (Wildman–Crippen MR) is 134 cm³/mol. The van der Waals surface area contributed by atoms with Crippen LogP contribution in [0.1, 0.15) is 55.2 Å². The molecule has 0 bridgehead atoms. The van der Waals surface area contributed by atoms with Gasteiger partial charge < -0.3 is 10.1 Å². The molecule has 0 unspecified atom stereocenters. The van der Waals surface area contributed by atoms with E-state index in [9.17, 15) is 9.59 Å². The van der Waals surface area contributed by atoms with Crippen molar-refractivity contribution in [1.29, 1.82) is 0 Å². The van der Waals surface area contributed by atoms with Crippen molar-refractivity contribution in [3.63, 3.8) is 0 Å². The Kier molecular flexibility index (Phi) is 6.02. The molecule has 2 atom stereocenters. The van der Waals surface area contributed by atoms with E-state index < -0.39 is 0 Å². The maximum absolute atomic E-state index is 13.0. The molecule has 0 saturated carbocycles. The fourth-order valence-electron chi connectivity index (χ4n) is 5.05. The van der Waals surface area contributed by atoms with Gasteiger partial charge in [-0.1, -0.05) is 24.3 Å². The molecule has 1 saturated heterocycles. The molecule has 1 fully saturated rings. The van der Waals surface area contributed by atoms with E-state index in [1.165, 1.54) is 17.4 Å². The van der Waals surface area contributed by atoms with Gasteiger partial charge in [-0.3, -0.25) is 14.5 Å². The second kappa shape index (κ2) is 9.12. The van der Waals surface area contributed by atoms with Crippen molar-refractivity contribution in [1.82, 2.24) is 10.3 Å². The third-order valence-corrected chi connectivity index (χ3v) is 6.53. The molecule has 2 aliphatic heterocycles. The minimum atomic E-state index is -0.198. The topological polar surface area (TPSA) is 71.5 Å². The van der Waals surface area contributed by atoms with Gasteiger partial charge in [0.25, 0.3) is 0 Å². The third-order valence-electron chi connectivity index (χ3n) is 6.53. The van der Waals surface area contributed by atoms with Gasteiger partial charge in [0.05, 0.1) is 34.8 Å². The number of ketones is 1. The minimum absolute atomic E-state index is 0.161. The summed E-state index contributed by atoms with van der Waals surface area (Å²) >= 11 is 0. The number of ether oxygens (including phenoxy) is 1. The number of aromatic nitrogens is 1. The predicted octanol–water partition coefficient (Wildman–Crippen LogP) is 4.87. The highest BCUT2D eigenvalue weighted by molar-refractivity contribution is 6.26. The number of nitrogens with zero attached hydrogens (tertiary/aromatic N) is 2. The highest BCUT2D eigenvalue weighted by Gasteiger charge is 2.34. The fraction of sp³-hybridized carbons (Fsp3) is 0.321. The van der Waals surface area contributed by atoms with E-state index in [0.717, 1.165) is 30.3 Å². The van der Waals surface area contributed by atoms with E-state index in [-0.39, 0.29) is 23.9 Å². The molecule has 2 aromatic carbocycles. The minimum Gasteiger partial charge on any atom is -0.375 e. The molecule has 1 amide bonds. The second-order valence-corrected chi connectivity index (χ2v) is 9.30. The van der Waals surface area contributed by atoms with Gasteiger partial charge in [0, 0.05) is 30.5 Å². The van der Waals surface area contributed by atoms with Crippen LogP contribution in [-0.2, 0) is 16.1 Å². The first-order valence-electron chi connectivity index (χ1n) is 11.8. The first kappa shape index (κ1) is 22.4. The van der Waals surface area contributed by atoms with Crippen molar-refractivity contribution < 1.29 is 14.3 Å². The van der Waals surface area contributed by atoms with Crippen LogP contribution in [0.2, 0.25) is 0 Å². The highest BCUT2D eigenvalue weighted by atomic mass is 16.5. The molecule has 0 radical (unpaired) electrons. The number of nitrogens with one attached hydrogen (secondary N) is 1. The van der Waals surface area contributed by atoms with E-state index in [1.54, 1.807) is 18.2 Å². The normalized spacial score (nSPS) is 23.5. The van der Waals surface area contributed by atoms with Crippen LogP contribution in [0.5, 0.6) is 0 Å². The first-order valence-corrected chi connectivity index (χ1v) is 11.8. The Morgan fingerprint density at radius 2 is 1.88 bits per heavy atom. The van der Waals surface area contributed by atoms with Crippen molar-refractivity contribution in [2.75, 3.05) is 4.90 Å². The summed E-state index contributed by atoms with van der Waals surface area (Å²) in [5.41, 5.74) is 4.19. The Morgan fingerprint density at radius 1 is 1.12 bits per heavy atom. The zero-order valence-electron chi connectivity index (χ0n) is 19.7. The molecule has 2 aliphatic rings. The number of rotatable bonds is 4. The molecule has 5 rings (SSSR count). The molecule has 6 heteroatoms. The summed E-state index contributed by atoms with van der Waals surface area (Å²) in [6.45, 7) is 6.53. The Morgan fingerprint density at radius 3 is 2.65 bits per heavy atom. The zero-order valence-corrected chi connectivity index (χ0v) is 19.7. The maximum Gasteiger partial charge on any atom is 0.228 e. The summed E-state index contributed by atoms with van der Waals surface area (Å²) < 4.78 is 5.83. The van der Waals surface area contributed by atoms with Crippen LogP contribution >= 0.6 is 0 Å². The van der Waals surface area contributed by atoms with Crippen molar-refractivity contribution >= 4 is 34.4 Å². The van der Waals surface area contributed by atoms with Crippen molar-refractivity contribution in [2.24, 2.45) is 0 Å². The summed E-state index contributed by atoms with van der Waals surface area (Å²) in [6, 6.07) is 17.8. The van der Waals surface area contributed by atoms with E-state index in [0.29, 0.717) is 28.7 Å². The van der Waals surface area contributed by atoms with E-state index in [1.807, 2.05) is 30.3 Å². The number of benzene rings is 2. The van der Waals surface area contributed by atoms with E-state index in [4.69, 9.17) is 9.72 Å². The summed E-state index contributed by atoms with van der Waals surface area (Å²) in [4.78, 5) is 31.5. The zero-order chi connectivity index (χ0) is 23.8. The molecule has 6 nitrogen and oxygen atoms in total. The monoisotopic (exact) mass is 455 g/mol. The number of hydrogen-bond donors (Lipinski definition) is 1. The lowest BCUT2D eigenvalue weighted by atomic mass is 9.99. The molecule has 0 aliphatic carbocycles. The smallest absolute Gasteiger partial charge is 0.228 e. The number of carbonyl (C=O) groups is 2. The fourth-order valence-corrected chi connectivity index (χ4v) is 5.05. The van der Waals surface area contributed by atoms with Gasteiger partial charge in [-0.2, -0.15) is 0 Å². The molecule has 1 N–H and O–H groups in total. The number of fused-ring (bicyclic) bond motifs is 2. The summed E-state index contributed by atoms with van der Waals surface area (Å²) in [5.74, 6) is -0.360. The molecule has 0 spiro atoms. The van der Waals surface area contributed by atoms with Crippen LogP contribution < -0.4 is 10.2 Å². The molecular weight excluding hydrogens is 426 g/mol. The average molecular weight is 456 g/mol. The number of pyridine rings is 1. The van der Waals surface area contributed by atoms with Crippen molar-refractivity contribution in [2.45, 2.75) is 58.4 Å². The standard InChI is InChI=1S/C28H29N3O3/c1-17-12-23(13-18(2)34-17)29-16-20-8-11-25-21(14-20)9-10-22(30-25)15-27-28(33)24-6-4-5-7-26(24)31(27)19(3)32/h4-11,14-15,17-18,23,29H,12-13,16H2,1-3H3/b27-15-/t17-,18-/m0/s1. The van der Waals surface area contributed by atoms with Crippen LogP contribution in [0.4, 0.5) is 5.69 Å². The van der Waals surface area contributed by atoms with Crippen LogP contribution in [0.15, 0.2) is 60.3 Å². The van der Waals surface area contributed by atoms with Crippen LogP contribution in [0, 0.1) is 0 Å². The van der Waals surface area contributed by atoms with Gasteiger partial charge in [0.1, 0.15) is 0 Å². The number of para-hydroxylation sites is 1. The summed E-state index contributed by atoms with van der Waals surface area (Å²) in [5, 5.41) is 4.71. The maximum atomic E-state index is 13.0. The van der Waals surface area contributed by atoms with Crippen LogP contribution in [-0.4, -0.2) is 34.9 Å². The number of Topliss-reactive ketones (excluding diaryl/α,β-unsaturated/α-hetero) is 1. The summed E-state index contributed by atoms with van der Waals surface area (Å²) in [7, 11) is 0. The Hall–Kier alpha value is -3.35.